The second kappa shape index (κ2) is 4.78. The third-order valence-corrected chi connectivity index (χ3v) is 4.50. The van der Waals surface area contributed by atoms with Gasteiger partial charge < -0.3 is 0 Å². The van der Waals surface area contributed by atoms with Crippen molar-refractivity contribution in [3.8, 4) is 11.3 Å². The molecule has 0 bridgehead atoms. The molecule has 0 unspecified atom stereocenters. The molecule has 0 N–H and O–H groups in total. The van der Waals surface area contributed by atoms with Crippen molar-refractivity contribution in [2.24, 2.45) is 7.05 Å². The fraction of sp³-hybridized carbons (Fsp3) is 0.143. The number of hydrogen-bond acceptors (Lipinski definition) is 5. The van der Waals surface area contributed by atoms with Crippen LogP contribution >= 0.6 is 11.3 Å². The number of aromatic nitrogens is 2. The number of rotatable bonds is 2. The minimum absolute atomic E-state index is 0.00262. The molecule has 3 rings (SSSR count). The fourth-order valence-corrected chi connectivity index (χ4v) is 3.17. The van der Waals surface area contributed by atoms with Gasteiger partial charge in [0, 0.05) is 24.1 Å². The topological polar surface area (TPSA) is 78.0 Å². The molecule has 0 saturated heterocycles. The molecule has 0 atom stereocenters. The van der Waals surface area contributed by atoms with Crippen LogP contribution in [-0.4, -0.2) is 14.5 Å². The van der Waals surface area contributed by atoms with Crippen LogP contribution in [0.25, 0.3) is 21.5 Å². The first-order chi connectivity index (χ1) is 9.99. The van der Waals surface area contributed by atoms with Crippen molar-refractivity contribution in [1.82, 2.24) is 9.55 Å². The smallest absolute Gasteiger partial charge is 0.286 e. The van der Waals surface area contributed by atoms with Gasteiger partial charge in [0.05, 0.1) is 10.6 Å². The van der Waals surface area contributed by atoms with E-state index in [2.05, 4.69) is 4.98 Å². The number of aryl methyl sites for hydroxylation is 2. The lowest BCUT2D eigenvalue weighted by Crippen LogP contribution is -2.20. The zero-order valence-electron chi connectivity index (χ0n) is 11.4. The van der Waals surface area contributed by atoms with Crippen molar-refractivity contribution >= 4 is 26.6 Å². The molecule has 21 heavy (non-hydrogen) atoms. The van der Waals surface area contributed by atoms with Crippen LogP contribution in [-0.2, 0) is 7.05 Å². The number of benzene rings is 1. The summed E-state index contributed by atoms with van der Waals surface area (Å²) in [6.07, 6.45) is 0. The van der Waals surface area contributed by atoms with Gasteiger partial charge in [0.2, 0.25) is 0 Å². The number of thiophene rings is 1. The minimum atomic E-state index is -0.448. The summed E-state index contributed by atoms with van der Waals surface area (Å²) in [4.78, 5) is 27.2. The van der Waals surface area contributed by atoms with E-state index in [0.717, 1.165) is 22.5 Å². The lowest BCUT2D eigenvalue weighted by molar-refractivity contribution is -0.380. The molecule has 3 aromatic rings. The summed E-state index contributed by atoms with van der Waals surface area (Å²) in [5.41, 5.74) is 1.86. The first-order valence-electron chi connectivity index (χ1n) is 6.20. The van der Waals surface area contributed by atoms with E-state index in [1.54, 1.807) is 7.05 Å². The van der Waals surface area contributed by atoms with Crippen molar-refractivity contribution in [3.05, 3.63) is 56.5 Å². The number of nitrogens with zero attached hydrogens (tertiary/aromatic N) is 3. The van der Waals surface area contributed by atoms with Crippen molar-refractivity contribution in [2.45, 2.75) is 6.92 Å². The standard InChI is InChI=1S/C14H11N3O3S/c1-8-5-3-4-6-9(8)12-10-7-11(17(19)20)21-13(10)16(2)14(18)15-12/h3-7H,1-2H3. The van der Waals surface area contributed by atoms with Crippen LogP contribution in [0.5, 0.6) is 0 Å². The third kappa shape index (κ3) is 2.11. The van der Waals surface area contributed by atoms with Crippen LogP contribution in [0.4, 0.5) is 5.00 Å². The van der Waals surface area contributed by atoms with Crippen LogP contribution in [0.3, 0.4) is 0 Å². The Morgan fingerprint density at radius 2 is 2.05 bits per heavy atom. The molecular weight excluding hydrogens is 290 g/mol. The predicted octanol–water partition coefficient (Wildman–Crippen LogP) is 2.88. The van der Waals surface area contributed by atoms with Crippen LogP contribution < -0.4 is 5.69 Å². The van der Waals surface area contributed by atoms with Gasteiger partial charge in [0.25, 0.3) is 0 Å². The summed E-state index contributed by atoms with van der Waals surface area (Å²) in [7, 11) is 1.57. The highest BCUT2D eigenvalue weighted by atomic mass is 32.1. The molecule has 0 amide bonds. The van der Waals surface area contributed by atoms with E-state index >= 15 is 0 Å². The molecule has 0 aliphatic heterocycles. The van der Waals surface area contributed by atoms with Crippen molar-refractivity contribution in [3.63, 3.8) is 0 Å². The van der Waals surface area contributed by atoms with Gasteiger partial charge in [-0.15, -0.1) is 0 Å². The highest BCUT2D eigenvalue weighted by molar-refractivity contribution is 7.21. The minimum Gasteiger partial charge on any atom is -0.286 e. The van der Waals surface area contributed by atoms with E-state index in [1.165, 1.54) is 10.6 Å². The summed E-state index contributed by atoms with van der Waals surface area (Å²) in [5, 5.41) is 11.6. The van der Waals surface area contributed by atoms with E-state index in [0.29, 0.717) is 15.9 Å². The lowest BCUT2D eigenvalue weighted by Gasteiger charge is -2.07. The van der Waals surface area contributed by atoms with Gasteiger partial charge in [-0.05, 0) is 23.8 Å². The van der Waals surface area contributed by atoms with Gasteiger partial charge in [0.1, 0.15) is 4.83 Å². The highest BCUT2D eigenvalue weighted by Crippen LogP contribution is 2.36. The molecule has 1 aromatic carbocycles. The van der Waals surface area contributed by atoms with Crippen molar-refractivity contribution in [2.75, 3.05) is 0 Å². The molecule has 0 aliphatic carbocycles. The summed E-state index contributed by atoms with van der Waals surface area (Å²) >= 11 is 0.985. The van der Waals surface area contributed by atoms with E-state index in [9.17, 15) is 14.9 Å². The van der Waals surface area contributed by atoms with E-state index < -0.39 is 10.6 Å². The molecule has 0 saturated carbocycles. The molecular formula is C14H11N3O3S. The van der Waals surface area contributed by atoms with Gasteiger partial charge in [0.15, 0.2) is 0 Å². The molecule has 6 nitrogen and oxygen atoms in total. The largest absolute Gasteiger partial charge is 0.348 e. The first kappa shape index (κ1) is 13.4. The van der Waals surface area contributed by atoms with Gasteiger partial charge in [-0.3, -0.25) is 14.7 Å². The zero-order chi connectivity index (χ0) is 15.1. The Kier molecular flexibility index (Phi) is 3.06. The normalized spacial score (nSPS) is 11.0. The zero-order valence-corrected chi connectivity index (χ0v) is 12.2. The monoisotopic (exact) mass is 301 g/mol. The Morgan fingerprint density at radius 1 is 1.33 bits per heavy atom. The molecule has 7 heteroatoms. The number of nitro groups is 1. The average molecular weight is 301 g/mol. The van der Waals surface area contributed by atoms with Gasteiger partial charge >= 0.3 is 10.7 Å². The van der Waals surface area contributed by atoms with Crippen LogP contribution in [0.1, 0.15) is 5.56 Å². The molecule has 0 spiro atoms. The molecule has 0 aliphatic rings. The highest BCUT2D eigenvalue weighted by Gasteiger charge is 2.19. The third-order valence-electron chi connectivity index (χ3n) is 3.33. The molecule has 0 radical (unpaired) electrons. The molecule has 2 heterocycles. The maximum atomic E-state index is 12.0. The molecule has 0 fully saturated rings. The molecule has 106 valence electrons. The second-order valence-corrected chi connectivity index (χ2v) is 5.69. The van der Waals surface area contributed by atoms with Gasteiger partial charge in [-0.25, -0.2) is 4.79 Å². The van der Waals surface area contributed by atoms with Crippen molar-refractivity contribution in [1.29, 1.82) is 0 Å². The van der Waals surface area contributed by atoms with E-state index in [4.69, 9.17) is 0 Å². The van der Waals surface area contributed by atoms with Crippen LogP contribution in [0.15, 0.2) is 35.1 Å². The number of hydrogen-bond donors (Lipinski definition) is 0. The van der Waals surface area contributed by atoms with Gasteiger partial charge in [-0.1, -0.05) is 24.3 Å². The lowest BCUT2D eigenvalue weighted by atomic mass is 10.0. The Bertz CT molecular complexity index is 927. The van der Waals surface area contributed by atoms with E-state index in [1.807, 2.05) is 31.2 Å². The maximum absolute atomic E-state index is 12.0. The first-order valence-corrected chi connectivity index (χ1v) is 7.01. The van der Waals surface area contributed by atoms with E-state index in [-0.39, 0.29) is 5.00 Å². The average Bonchev–Trinajstić information content (AvgIpc) is 2.89. The Morgan fingerprint density at radius 3 is 2.71 bits per heavy atom. The quantitative estimate of drug-likeness (QED) is 0.538. The summed E-state index contributed by atoms with van der Waals surface area (Å²) < 4.78 is 1.34. The van der Waals surface area contributed by atoms with Crippen LogP contribution in [0, 0.1) is 17.0 Å². The predicted molar refractivity (Wildman–Crippen MR) is 81.7 cm³/mol. The summed E-state index contributed by atoms with van der Waals surface area (Å²) in [6.45, 7) is 1.92. The fourth-order valence-electron chi connectivity index (χ4n) is 2.24. The van der Waals surface area contributed by atoms with Gasteiger partial charge in [-0.2, -0.15) is 4.98 Å². The maximum Gasteiger partial charge on any atom is 0.348 e. The SMILES string of the molecule is Cc1ccccc1-c1nc(=O)n(C)c2sc([N+](=O)[O-])cc12. The number of fused-ring (bicyclic) bond motifs is 1. The summed E-state index contributed by atoms with van der Waals surface area (Å²) in [6, 6.07) is 9.01. The van der Waals surface area contributed by atoms with Crippen LogP contribution in [0.2, 0.25) is 0 Å². The Labute approximate surface area is 123 Å². The van der Waals surface area contributed by atoms with Crippen molar-refractivity contribution < 1.29 is 4.92 Å². The molecule has 2 aromatic heterocycles. The Balaban J connectivity index is 2.43. The second-order valence-electron chi connectivity index (χ2n) is 4.68. The summed E-state index contributed by atoms with van der Waals surface area (Å²) in [5.74, 6) is 0. The Hall–Kier alpha value is -2.54.